The average Bonchev–Trinajstić information content (AvgIpc) is 3.23. The van der Waals surface area contributed by atoms with Gasteiger partial charge in [0.1, 0.15) is 52.5 Å². The van der Waals surface area contributed by atoms with E-state index >= 15 is 0 Å². The number of phenols is 4. The van der Waals surface area contributed by atoms with E-state index in [-0.39, 0.29) is 11.1 Å². The van der Waals surface area contributed by atoms with Crippen molar-refractivity contribution in [2.75, 3.05) is 19.8 Å². The fourth-order valence-electron chi connectivity index (χ4n) is 4.71. The topological polar surface area (TPSA) is 269 Å². The second-order valence-electron chi connectivity index (χ2n) is 9.94. The van der Waals surface area contributed by atoms with Crippen LogP contribution in [0.2, 0.25) is 0 Å². The molecule has 0 radical (unpaired) electrons. The summed E-state index contributed by atoms with van der Waals surface area (Å²) in [6.07, 6.45) is -12.3. The molecule has 0 amide bonds. The van der Waals surface area contributed by atoms with Gasteiger partial charge in [-0.2, -0.15) is 0 Å². The number of benzene rings is 2. The van der Waals surface area contributed by atoms with Gasteiger partial charge >= 0.3 is 0 Å². The highest BCUT2D eigenvalue weighted by Crippen LogP contribution is 2.40. The molecule has 3 heterocycles. The van der Waals surface area contributed by atoms with Crippen molar-refractivity contribution in [1.29, 1.82) is 0 Å². The van der Waals surface area contributed by atoms with Crippen LogP contribution >= 0.6 is 0 Å². The molecule has 228 valence electrons. The maximum Gasteiger partial charge on any atom is 0.239 e. The number of hydrogen-bond donors (Lipinski definition) is 10. The first-order chi connectivity index (χ1) is 19.9. The van der Waals surface area contributed by atoms with Gasteiger partial charge in [-0.1, -0.05) is 0 Å². The molecule has 2 aliphatic rings. The molecule has 8 atom stereocenters. The molecule has 0 unspecified atom stereocenters. The fraction of sp³-hybridized carbons (Fsp3) is 0.423. The summed E-state index contributed by atoms with van der Waals surface area (Å²) in [5.41, 5.74) is -3.51. The lowest BCUT2D eigenvalue weighted by Crippen LogP contribution is -2.62. The van der Waals surface area contributed by atoms with Gasteiger partial charge in [0.05, 0.1) is 19.8 Å². The van der Waals surface area contributed by atoms with Crippen molar-refractivity contribution in [3.05, 3.63) is 40.6 Å². The molecule has 3 aromatic rings. The van der Waals surface area contributed by atoms with Crippen molar-refractivity contribution in [3.8, 4) is 40.1 Å². The van der Waals surface area contributed by atoms with Gasteiger partial charge in [0, 0.05) is 17.7 Å². The SMILES string of the molecule is O=c1c(O[C@@H]2O[C@@H](CO)[C@@H](O)[C@@H](O)[C@@H]2O[C@@H]2OC[C@](O)(CO)[C@H]2O)c(-c2ccc(O)c(O)c2)oc2cc(O)cc(O)c12. The highest BCUT2D eigenvalue weighted by molar-refractivity contribution is 5.88. The fourth-order valence-corrected chi connectivity index (χ4v) is 4.71. The van der Waals surface area contributed by atoms with E-state index in [1.54, 1.807) is 0 Å². The predicted molar refractivity (Wildman–Crippen MR) is 136 cm³/mol. The molecule has 2 aromatic carbocycles. The van der Waals surface area contributed by atoms with Crippen molar-refractivity contribution < 1.29 is 74.4 Å². The smallest absolute Gasteiger partial charge is 0.239 e. The summed E-state index contributed by atoms with van der Waals surface area (Å²) in [7, 11) is 0. The summed E-state index contributed by atoms with van der Waals surface area (Å²) in [4.78, 5) is 13.7. The summed E-state index contributed by atoms with van der Waals surface area (Å²) in [5, 5.41) is 101. The van der Waals surface area contributed by atoms with E-state index in [4.69, 9.17) is 23.4 Å². The predicted octanol–water partition coefficient (Wildman–Crippen LogP) is -2.07. The van der Waals surface area contributed by atoms with Crippen molar-refractivity contribution in [2.45, 2.75) is 48.7 Å². The van der Waals surface area contributed by atoms with Gasteiger partial charge in [-0.15, -0.1) is 0 Å². The van der Waals surface area contributed by atoms with Crippen molar-refractivity contribution in [2.24, 2.45) is 0 Å². The Morgan fingerprint density at radius 2 is 1.67 bits per heavy atom. The number of aliphatic hydroxyl groups is 6. The Kier molecular flexibility index (Phi) is 7.92. The minimum absolute atomic E-state index is 0.0442. The normalized spacial score (nSPS) is 31.4. The van der Waals surface area contributed by atoms with Crippen LogP contribution in [0, 0.1) is 0 Å². The van der Waals surface area contributed by atoms with Crippen LogP contribution in [0.1, 0.15) is 0 Å². The maximum absolute atomic E-state index is 13.7. The summed E-state index contributed by atoms with van der Waals surface area (Å²) in [6, 6.07) is 5.21. The molecule has 16 nitrogen and oxygen atoms in total. The van der Waals surface area contributed by atoms with Gasteiger partial charge in [0.25, 0.3) is 0 Å². The standard InChI is InChI=1S/C26H28O16/c27-6-15-17(33)19(35)22(42-25-23(36)26(37,7-28)8-38-25)24(40-15)41-21-18(34)16-13(32)4-10(29)5-14(16)39-20(21)9-1-2-11(30)12(31)3-9/h1-5,15,17,19,22-25,27-33,35-37H,6-8H2/t15-,17+,19+,22-,23-,24-,25-,26+/m0/s1. The Balaban J connectivity index is 1.62. The molecule has 1 aromatic heterocycles. The van der Waals surface area contributed by atoms with E-state index in [1.807, 2.05) is 0 Å². The zero-order valence-electron chi connectivity index (χ0n) is 21.5. The molecule has 0 saturated carbocycles. The molecule has 16 heteroatoms. The van der Waals surface area contributed by atoms with E-state index in [9.17, 15) is 55.9 Å². The quantitative estimate of drug-likeness (QED) is 0.131. The highest BCUT2D eigenvalue weighted by atomic mass is 16.8. The van der Waals surface area contributed by atoms with Crippen LogP contribution in [0.4, 0.5) is 0 Å². The average molecular weight is 596 g/mol. The molecule has 0 bridgehead atoms. The third kappa shape index (κ3) is 5.08. The largest absolute Gasteiger partial charge is 0.508 e. The number of aromatic hydroxyl groups is 4. The number of phenolic OH excluding ortho intramolecular Hbond substituents is 4. The lowest BCUT2D eigenvalue weighted by Gasteiger charge is -2.42. The van der Waals surface area contributed by atoms with Gasteiger partial charge in [-0.05, 0) is 18.2 Å². The highest BCUT2D eigenvalue weighted by Gasteiger charge is 2.53. The van der Waals surface area contributed by atoms with Crippen molar-refractivity contribution in [3.63, 3.8) is 0 Å². The van der Waals surface area contributed by atoms with Crippen LogP contribution in [-0.2, 0) is 14.2 Å². The Hall–Kier alpha value is -3.71. The van der Waals surface area contributed by atoms with Gasteiger partial charge in [0.2, 0.25) is 17.5 Å². The van der Waals surface area contributed by atoms with Crippen LogP contribution in [0.15, 0.2) is 39.5 Å². The zero-order valence-corrected chi connectivity index (χ0v) is 21.5. The molecule has 0 aliphatic carbocycles. The maximum atomic E-state index is 13.7. The number of fused-ring (bicyclic) bond motifs is 1. The molecule has 2 saturated heterocycles. The molecular formula is C26H28O16. The number of aliphatic hydroxyl groups excluding tert-OH is 5. The van der Waals surface area contributed by atoms with Crippen molar-refractivity contribution in [1.82, 2.24) is 0 Å². The first kappa shape index (κ1) is 29.8. The molecule has 2 fully saturated rings. The van der Waals surface area contributed by atoms with E-state index in [1.165, 1.54) is 6.07 Å². The Labute approximate surface area is 235 Å². The monoisotopic (exact) mass is 596 g/mol. The second-order valence-corrected chi connectivity index (χ2v) is 9.94. The number of hydrogen-bond acceptors (Lipinski definition) is 16. The zero-order chi connectivity index (χ0) is 30.5. The Morgan fingerprint density at radius 1 is 0.929 bits per heavy atom. The molecule has 0 spiro atoms. The van der Waals surface area contributed by atoms with Crippen molar-refractivity contribution >= 4 is 11.0 Å². The number of rotatable bonds is 7. The van der Waals surface area contributed by atoms with Gasteiger partial charge in [0.15, 0.2) is 29.7 Å². The van der Waals surface area contributed by atoms with Crippen LogP contribution in [0.5, 0.6) is 28.7 Å². The minimum Gasteiger partial charge on any atom is -0.508 e. The summed E-state index contributed by atoms with van der Waals surface area (Å²) >= 11 is 0. The second kappa shape index (κ2) is 11.2. The molecule has 10 N–H and O–H groups in total. The lowest BCUT2D eigenvalue weighted by atomic mass is 9.98. The lowest BCUT2D eigenvalue weighted by molar-refractivity contribution is -0.319. The van der Waals surface area contributed by atoms with Crippen LogP contribution in [-0.4, -0.2) is 120 Å². The number of ether oxygens (including phenoxy) is 4. The molecular weight excluding hydrogens is 568 g/mol. The summed E-state index contributed by atoms with van der Waals surface area (Å²) in [6.45, 7) is -2.31. The van der Waals surface area contributed by atoms with Crippen LogP contribution in [0.3, 0.4) is 0 Å². The molecule has 42 heavy (non-hydrogen) atoms. The first-order valence-electron chi connectivity index (χ1n) is 12.5. The van der Waals surface area contributed by atoms with E-state index in [2.05, 4.69) is 0 Å². The third-order valence-electron chi connectivity index (χ3n) is 7.08. The first-order valence-corrected chi connectivity index (χ1v) is 12.5. The molecule has 2 aliphatic heterocycles. The summed E-state index contributed by atoms with van der Waals surface area (Å²) in [5.74, 6) is -3.39. The van der Waals surface area contributed by atoms with Gasteiger partial charge < -0.3 is 74.4 Å². The van der Waals surface area contributed by atoms with Gasteiger partial charge in [-0.25, -0.2) is 0 Å². The third-order valence-corrected chi connectivity index (χ3v) is 7.08. The summed E-state index contributed by atoms with van der Waals surface area (Å²) < 4.78 is 28.0. The minimum atomic E-state index is -2.12. The molecule has 5 rings (SSSR count). The van der Waals surface area contributed by atoms with E-state index < -0.39 is 114 Å². The van der Waals surface area contributed by atoms with E-state index in [0.29, 0.717) is 0 Å². The Bertz CT molecular complexity index is 1520. The Morgan fingerprint density at radius 3 is 2.31 bits per heavy atom. The van der Waals surface area contributed by atoms with E-state index in [0.717, 1.165) is 24.3 Å². The van der Waals surface area contributed by atoms with Crippen LogP contribution in [0.25, 0.3) is 22.3 Å². The van der Waals surface area contributed by atoms with Crippen LogP contribution < -0.4 is 10.2 Å². The van der Waals surface area contributed by atoms with Gasteiger partial charge in [-0.3, -0.25) is 4.79 Å².